The average Bonchev–Trinajstić information content (AvgIpc) is 2.54. The Hall–Kier alpha value is -1.32. The van der Waals surface area contributed by atoms with Gasteiger partial charge in [-0.1, -0.05) is 23.7 Å². The fourth-order valence-corrected chi connectivity index (χ4v) is 4.08. The molecule has 0 unspecified atom stereocenters. The number of hydrogen-bond donors (Lipinski definition) is 1. The van der Waals surface area contributed by atoms with E-state index in [2.05, 4.69) is 0 Å². The van der Waals surface area contributed by atoms with Crippen LogP contribution in [0.1, 0.15) is 11.4 Å². The molecular formula is C16H19ClNO3P. The standard InChI is InChI=1S/C16H19ClNO3P/c1-18(2)14-8-10-15(11-9-14)22(20,21-3)16(19)12-4-6-13(17)7-5-12/h4-11,16,19H,1-3H3/t16-,22-/m1/s1. The highest BCUT2D eigenvalue weighted by Crippen LogP contribution is 2.57. The van der Waals surface area contributed by atoms with Crippen LogP contribution in [0, 0.1) is 0 Å². The summed E-state index contributed by atoms with van der Waals surface area (Å²) >= 11 is 5.84. The first-order valence-electron chi connectivity index (χ1n) is 6.75. The number of aliphatic hydroxyl groups is 1. The quantitative estimate of drug-likeness (QED) is 0.845. The van der Waals surface area contributed by atoms with Crippen molar-refractivity contribution in [2.75, 3.05) is 26.1 Å². The van der Waals surface area contributed by atoms with Crippen LogP contribution in [0.4, 0.5) is 5.69 Å². The van der Waals surface area contributed by atoms with Crippen molar-refractivity contribution >= 4 is 30.0 Å². The van der Waals surface area contributed by atoms with E-state index in [0.717, 1.165) is 5.69 Å². The third kappa shape index (κ3) is 3.36. The number of hydrogen-bond acceptors (Lipinski definition) is 4. The molecule has 0 bridgehead atoms. The SMILES string of the molecule is CO[P@](=O)(c1ccc(N(C)C)cc1)[C@@H](O)c1ccc(Cl)cc1. The fourth-order valence-electron chi connectivity index (χ4n) is 2.14. The minimum absolute atomic E-state index is 0.475. The van der Waals surface area contributed by atoms with E-state index in [9.17, 15) is 9.67 Å². The molecule has 0 radical (unpaired) electrons. The maximum Gasteiger partial charge on any atom is 0.263 e. The molecule has 118 valence electrons. The maximum atomic E-state index is 13.1. The number of rotatable bonds is 5. The average molecular weight is 340 g/mol. The van der Waals surface area contributed by atoms with Crippen molar-refractivity contribution in [1.82, 2.24) is 0 Å². The first-order valence-corrected chi connectivity index (χ1v) is 8.82. The van der Waals surface area contributed by atoms with Crippen molar-refractivity contribution in [1.29, 1.82) is 0 Å². The molecule has 0 heterocycles. The van der Waals surface area contributed by atoms with Gasteiger partial charge in [0.25, 0.3) is 7.37 Å². The lowest BCUT2D eigenvalue weighted by Crippen LogP contribution is -2.15. The summed E-state index contributed by atoms with van der Waals surface area (Å²) in [6.45, 7) is 0. The first kappa shape index (κ1) is 17.0. The Morgan fingerprint density at radius 1 is 1.09 bits per heavy atom. The first-order chi connectivity index (χ1) is 10.4. The van der Waals surface area contributed by atoms with E-state index in [0.29, 0.717) is 15.9 Å². The minimum atomic E-state index is -3.44. The summed E-state index contributed by atoms with van der Waals surface area (Å²) in [6.07, 6.45) is 0. The van der Waals surface area contributed by atoms with Gasteiger partial charge in [-0.2, -0.15) is 0 Å². The van der Waals surface area contributed by atoms with Crippen LogP contribution in [0.5, 0.6) is 0 Å². The van der Waals surface area contributed by atoms with E-state index in [1.165, 1.54) is 7.11 Å². The van der Waals surface area contributed by atoms with E-state index < -0.39 is 13.2 Å². The fraction of sp³-hybridized carbons (Fsp3) is 0.250. The number of anilines is 1. The molecule has 1 N–H and O–H groups in total. The van der Waals surface area contributed by atoms with Crippen LogP contribution >= 0.6 is 19.0 Å². The topological polar surface area (TPSA) is 49.8 Å². The molecule has 0 saturated carbocycles. The summed E-state index contributed by atoms with van der Waals surface area (Å²) < 4.78 is 18.4. The molecule has 0 aliphatic rings. The van der Waals surface area contributed by atoms with E-state index in [1.807, 2.05) is 31.1 Å². The summed E-state index contributed by atoms with van der Waals surface area (Å²) in [5, 5.41) is 11.5. The minimum Gasteiger partial charge on any atom is -0.378 e. The molecule has 0 spiro atoms. The van der Waals surface area contributed by atoms with Crippen LogP contribution in [0.2, 0.25) is 5.02 Å². The van der Waals surface area contributed by atoms with Gasteiger partial charge in [-0.05, 0) is 42.0 Å². The van der Waals surface area contributed by atoms with Crippen molar-refractivity contribution in [3.8, 4) is 0 Å². The zero-order chi connectivity index (χ0) is 16.3. The van der Waals surface area contributed by atoms with Gasteiger partial charge in [-0.15, -0.1) is 0 Å². The second-order valence-corrected chi connectivity index (χ2v) is 8.12. The third-order valence-electron chi connectivity index (χ3n) is 3.49. The Balaban J connectivity index is 2.38. The van der Waals surface area contributed by atoms with Gasteiger partial charge in [-0.3, -0.25) is 4.57 Å². The van der Waals surface area contributed by atoms with Gasteiger partial charge >= 0.3 is 0 Å². The largest absolute Gasteiger partial charge is 0.378 e. The second kappa shape index (κ2) is 6.84. The summed E-state index contributed by atoms with van der Waals surface area (Å²) in [4.78, 5) is 1.94. The van der Waals surface area contributed by atoms with Gasteiger partial charge in [0.05, 0.1) is 0 Å². The van der Waals surface area contributed by atoms with Crippen LogP contribution < -0.4 is 10.2 Å². The van der Waals surface area contributed by atoms with Crippen molar-refractivity contribution in [2.24, 2.45) is 0 Å². The van der Waals surface area contributed by atoms with Crippen molar-refractivity contribution in [2.45, 2.75) is 5.85 Å². The Kier molecular flexibility index (Phi) is 5.30. The van der Waals surface area contributed by atoms with Crippen LogP contribution in [0.15, 0.2) is 48.5 Å². The highest BCUT2D eigenvalue weighted by Gasteiger charge is 2.35. The van der Waals surface area contributed by atoms with Crippen molar-refractivity contribution < 1.29 is 14.2 Å². The molecule has 4 nitrogen and oxygen atoms in total. The zero-order valence-corrected chi connectivity index (χ0v) is 14.4. The molecule has 22 heavy (non-hydrogen) atoms. The number of nitrogens with zero attached hydrogens (tertiary/aromatic N) is 1. The van der Waals surface area contributed by atoms with Crippen LogP contribution in [0.25, 0.3) is 0 Å². The monoisotopic (exact) mass is 339 g/mol. The van der Waals surface area contributed by atoms with Gasteiger partial charge in [0.15, 0.2) is 5.85 Å². The molecule has 0 saturated heterocycles. The van der Waals surface area contributed by atoms with Crippen LogP contribution in [-0.4, -0.2) is 26.3 Å². The van der Waals surface area contributed by atoms with Gasteiger partial charge in [0.1, 0.15) is 0 Å². The Bertz CT molecular complexity index is 671. The number of benzene rings is 2. The molecule has 2 aromatic rings. The van der Waals surface area contributed by atoms with E-state index in [1.54, 1.807) is 36.4 Å². The predicted octanol–water partition coefficient (Wildman–Crippen LogP) is 3.65. The van der Waals surface area contributed by atoms with E-state index in [4.69, 9.17) is 16.1 Å². The second-order valence-electron chi connectivity index (χ2n) is 5.12. The lowest BCUT2D eigenvalue weighted by Gasteiger charge is -2.23. The normalized spacial score (nSPS) is 15.1. The Morgan fingerprint density at radius 3 is 2.09 bits per heavy atom. The molecule has 0 fully saturated rings. The van der Waals surface area contributed by atoms with Gasteiger partial charge < -0.3 is 14.5 Å². The van der Waals surface area contributed by atoms with Gasteiger partial charge in [0.2, 0.25) is 0 Å². The van der Waals surface area contributed by atoms with E-state index >= 15 is 0 Å². The van der Waals surface area contributed by atoms with Crippen molar-refractivity contribution in [3.63, 3.8) is 0 Å². The predicted molar refractivity (Wildman–Crippen MR) is 91.4 cm³/mol. The molecule has 0 amide bonds. The summed E-state index contributed by atoms with van der Waals surface area (Å²) in [6, 6.07) is 13.7. The van der Waals surface area contributed by atoms with Crippen molar-refractivity contribution in [3.05, 3.63) is 59.1 Å². The van der Waals surface area contributed by atoms with Gasteiger partial charge in [0, 0.05) is 37.2 Å². The molecule has 2 aromatic carbocycles. The zero-order valence-electron chi connectivity index (χ0n) is 12.7. The molecule has 0 aliphatic heterocycles. The summed E-state index contributed by atoms with van der Waals surface area (Å²) in [5.41, 5.74) is 1.48. The number of halogens is 1. The third-order valence-corrected chi connectivity index (χ3v) is 6.24. The molecule has 0 aromatic heterocycles. The summed E-state index contributed by atoms with van der Waals surface area (Å²) in [5.74, 6) is -1.24. The lowest BCUT2D eigenvalue weighted by atomic mass is 10.2. The molecule has 6 heteroatoms. The Labute approximate surface area is 135 Å². The summed E-state index contributed by atoms with van der Waals surface area (Å²) in [7, 11) is 1.76. The molecule has 2 rings (SSSR count). The molecule has 2 atom stereocenters. The molecule has 0 aliphatic carbocycles. The highest BCUT2D eigenvalue weighted by molar-refractivity contribution is 7.67. The van der Waals surface area contributed by atoms with Gasteiger partial charge in [-0.25, -0.2) is 0 Å². The highest BCUT2D eigenvalue weighted by atomic mass is 35.5. The molecular weight excluding hydrogens is 321 g/mol. The lowest BCUT2D eigenvalue weighted by molar-refractivity contribution is 0.229. The Morgan fingerprint density at radius 2 is 1.64 bits per heavy atom. The van der Waals surface area contributed by atoms with Crippen LogP contribution in [0.3, 0.4) is 0 Å². The number of aliphatic hydroxyl groups excluding tert-OH is 1. The van der Waals surface area contributed by atoms with E-state index in [-0.39, 0.29) is 0 Å². The smallest absolute Gasteiger partial charge is 0.263 e. The maximum absolute atomic E-state index is 13.1. The van der Waals surface area contributed by atoms with Crippen LogP contribution in [-0.2, 0) is 9.09 Å².